The molecule has 2 N–H and O–H groups in total. The lowest BCUT2D eigenvalue weighted by Crippen LogP contribution is -2.37. The first kappa shape index (κ1) is 15.8. The second-order valence-corrected chi connectivity index (χ2v) is 6.68. The molecule has 2 rings (SSSR count). The number of hydrogen-bond donors (Lipinski definition) is 2. The molecule has 4 nitrogen and oxygen atoms in total. The van der Waals surface area contributed by atoms with Gasteiger partial charge in [0.15, 0.2) is 0 Å². The molecule has 21 heavy (non-hydrogen) atoms. The summed E-state index contributed by atoms with van der Waals surface area (Å²) >= 11 is 0. The Bertz CT molecular complexity index is 509. The summed E-state index contributed by atoms with van der Waals surface area (Å²) in [5.41, 5.74) is 0.0712. The number of halogens is 1. The predicted molar refractivity (Wildman–Crippen MR) is 77.5 cm³/mol. The van der Waals surface area contributed by atoms with Gasteiger partial charge in [0.2, 0.25) is 0 Å². The van der Waals surface area contributed by atoms with Crippen LogP contribution in [-0.4, -0.2) is 30.0 Å². The zero-order valence-electron chi connectivity index (χ0n) is 12.6. The fourth-order valence-electron chi connectivity index (χ4n) is 2.50. The number of aliphatic hydroxyl groups is 1. The molecule has 1 fully saturated rings. The molecule has 0 bridgehead atoms. The number of carbonyl (C=O) groups is 1. The first-order chi connectivity index (χ1) is 9.76. The van der Waals surface area contributed by atoms with Gasteiger partial charge in [-0.25, -0.2) is 9.18 Å². The highest BCUT2D eigenvalue weighted by molar-refractivity contribution is 5.67. The van der Waals surface area contributed by atoms with E-state index in [0.29, 0.717) is 6.54 Å². The van der Waals surface area contributed by atoms with Gasteiger partial charge >= 0.3 is 6.09 Å². The van der Waals surface area contributed by atoms with Crippen molar-refractivity contribution in [1.29, 1.82) is 0 Å². The van der Waals surface area contributed by atoms with Crippen molar-refractivity contribution >= 4 is 6.09 Å². The van der Waals surface area contributed by atoms with Crippen LogP contribution in [0.25, 0.3) is 0 Å². The summed E-state index contributed by atoms with van der Waals surface area (Å²) in [5.74, 6) is -0.140. The van der Waals surface area contributed by atoms with E-state index in [1.165, 1.54) is 12.1 Å². The molecule has 0 radical (unpaired) electrons. The molecule has 1 aromatic rings. The summed E-state index contributed by atoms with van der Waals surface area (Å²) in [6.07, 6.45) is 0.283. The third-order valence-electron chi connectivity index (χ3n) is 3.76. The molecule has 0 heterocycles. The number of alkyl carbamates (subject to hydrolysis) is 1. The molecule has 1 aliphatic carbocycles. The zero-order valence-corrected chi connectivity index (χ0v) is 12.6. The highest BCUT2D eigenvalue weighted by Crippen LogP contribution is 2.58. The number of amides is 1. The number of aliphatic hydroxyl groups excluding tert-OH is 1. The maximum absolute atomic E-state index is 12.9. The molecule has 0 aromatic heterocycles. The quantitative estimate of drug-likeness (QED) is 0.898. The van der Waals surface area contributed by atoms with E-state index in [4.69, 9.17) is 4.74 Å². The molecular formula is C16H22FNO3. The summed E-state index contributed by atoms with van der Waals surface area (Å²) in [5, 5.41) is 12.3. The van der Waals surface area contributed by atoms with Gasteiger partial charge in [-0.05, 0) is 50.8 Å². The lowest BCUT2D eigenvalue weighted by Gasteiger charge is -2.21. The van der Waals surface area contributed by atoms with Gasteiger partial charge < -0.3 is 15.2 Å². The second kappa shape index (κ2) is 5.64. The molecule has 5 heteroatoms. The normalized spacial score (nSPS) is 24.5. The standard InChI is InChI=1S/C16H22FNO3/c1-15(2,3)21-14(20)18-9-16(10-19)8-13(16)11-4-6-12(17)7-5-11/h4-7,13,19H,8-10H2,1-3H3,(H,18,20). The van der Waals surface area contributed by atoms with Crippen LogP contribution in [0.4, 0.5) is 9.18 Å². The zero-order chi connectivity index (χ0) is 15.7. The molecule has 1 saturated carbocycles. The van der Waals surface area contributed by atoms with Crippen molar-refractivity contribution in [3.05, 3.63) is 35.6 Å². The van der Waals surface area contributed by atoms with E-state index < -0.39 is 11.7 Å². The van der Waals surface area contributed by atoms with Gasteiger partial charge in [0.25, 0.3) is 0 Å². The Morgan fingerprint density at radius 3 is 2.57 bits per heavy atom. The largest absolute Gasteiger partial charge is 0.444 e. The summed E-state index contributed by atoms with van der Waals surface area (Å²) in [7, 11) is 0. The molecule has 0 saturated heterocycles. The first-order valence-corrected chi connectivity index (χ1v) is 7.09. The Morgan fingerprint density at radius 1 is 1.43 bits per heavy atom. The van der Waals surface area contributed by atoms with E-state index >= 15 is 0 Å². The molecule has 0 aliphatic heterocycles. The van der Waals surface area contributed by atoms with Crippen LogP contribution < -0.4 is 5.32 Å². The van der Waals surface area contributed by atoms with Crippen molar-refractivity contribution in [3.63, 3.8) is 0 Å². The maximum atomic E-state index is 12.9. The average molecular weight is 295 g/mol. The van der Waals surface area contributed by atoms with Gasteiger partial charge in [0, 0.05) is 12.0 Å². The number of hydrogen-bond acceptors (Lipinski definition) is 3. The van der Waals surface area contributed by atoms with Gasteiger partial charge in [-0.15, -0.1) is 0 Å². The third kappa shape index (κ3) is 3.94. The van der Waals surface area contributed by atoms with Gasteiger partial charge in [-0.1, -0.05) is 12.1 Å². The fraction of sp³-hybridized carbons (Fsp3) is 0.562. The van der Waals surface area contributed by atoms with Crippen molar-refractivity contribution in [2.75, 3.05) is 13.2 Å². The third-order valence-corrected chi connectivity index (χ3v) is 3.76. The Balaban J connectivity index is 1.93. The summed E-state index contributed by atoms with van der Waals surface area (Å²) in [6.45, 7) is 5.72. The smallest absolute Gasteiger partial charge is 0.407 e. The minimum atomic E-state index is -0.545. The molecule has 2 unspecified atom stereocenters. The Labute approximate surface area is 124 Å². The van der Waals surface area contributed by atoms with Gasteiger partial charge in [-0.3, -0.25) is 0 Å². The summed E-state index contributed by atoms with van der Waals surface area (Å²) < 4.78 is 18.1. The van der Waals surface area contributed by atoms with Crippen molar-refractivity contribution in [3.8, 4) is 0 Å². The Kier molecular flexibility index (Phi) is 4.23. The molecule has 2 atom stereocenters. The molecule has 1 aliphatic rings. The van der Waals surface area contributed by atoms with Crippen LogP contribution in [0, 0.1) is 11.2 Å². The average Bonchev–Trinajstić information content (AvgIpc) is 3.11. The van der Waals surface area contributed by atoms with Gasteiger partial charge in [0.1, 0.15) is 11.4 Å². The van der Waals surface area contributed by atoms with Crippen LogP contribution in [0.2, 0.25) is 0 Å². The van der Waals surface area contributed by atoms with E-state index in [2.05, 4.69) is 5.32 Å². The Hall–Kier alpha value is -1.62. The monoisotopic (exact) mass is 295 g/mol. The van der Waals surface area contributed by atoms with E-state index in [9.17, 15) is 14.3 Å². The lowest BCUT2D eigenvalue weighted by atomic mass is 10.00. The molecule has 116 valence electrons. The van der Waals surface area contributed by atoms with Crippen LogP contribution in [0.1, 0.15) is 38.7 Å². The number of rotatable bonds is 4. The minimum Gasteiger partial charge on any atom is -0.444 e. The van der Waals surface area contributed by atoms with Crippen molar-refractivity contribution < 1.29 is 19.0 Å². The van der Waals surface area contributed by atoms with E-state index in [-0.39, 0.29) is 23.8 Å². The number of ether oxygens (including phenoxy) is 1. The first-order valence-electron chi connectivity index (χ1n) is 7.09. The summed E-state index contributed by atoms with van der Waals surface area (Å²) in [6, 6.07) is 6.28. The topological polar surface area (TPSA) is 58.6 Å². The van der Waals surface area contributed by atoms with Gasteiger partial charge in [-0.2, -0.15) is 0 Å². The summed E-state index contributed by atoms with van der Waals surface area (Å²) in [4.78, 5) is 11.7. The van der Waals surface area contributed by atoms with Crippen LogP contribution >= 0.6 is 0 Å². The number of carbonyl (C=O) groups excluding carboxylic acids is 1. The number of nitrogens with one attached hydrogen (secondary N) is 1. The van der Waals surface area contributed by atoms with Crippen LogP contribution in [0.5, 0.6) is 0 Å². The van der Waals surface area contributed by atoms with Crippen molar-refractivity contribution in [2.45, 2.75) is 38.7 Å². The molecular weight excluding hydrogens is 273 g/mol. The number of benzene rings is 1. The highest BCUT2D eigenvalue weighted by Gasteiger charge is 2.54. The highest BCUT2D eigenvalue weighted by atomic mass is 19.1. The lowest BCUT2D eigenvalue weighted by molar-refractivity contribution is 0.0506. The van der Waals surface area contributed by atoms with Crippen molar-refractivity contribution in [1.82, 2.24) is 5.32 Å². The van der Waals surface area contributed by atoms with Gasteiger partial charge in [0.05, 0.1) is 6.61 Å². The predicted octanol–water partition coefficient (Wildman–Crippen LogP) is 2.82. The maximum Gasteiger partial charge on any atom is 0.407 e. The minimum absolute atomic E-state index is 0.0230. The van der Waals surface area contributed by atoms with Crippen LogP contribution in [-0.2, 0) is 4.74 Å². The SMILES string of the molecule is CC(C)(C)OC(=O)NCC1(CO)CC1c1ccc(F)cc1. The van der Waals surface area contributed by atoms with E-state index in [0.717, 1.165) is 12.0 Å². The van der Waals surface area contributed by atoms with E-state index in [1.807, 2.05) is 0 Å². The second-order valence-electron chi connectivity index (χ2n) is 6.68. The molecule has 0 spiro atoms. The van der Waals surface area contributed by atoms with E-state index in [1.54, 1.807) is 32.9 Å². The fourth-order valence-corrected chi connectivity index (χ4v) is 2.50. The van der Waals surface area contributed by atoms with Crippen molar-refractivity contribution in [2.24, 2.45) is 5.41 Å². The molecule has 1 amide bonds. The molecule has 1 aromatic carbocycles. The van der Waals surface area contributed by atoms with Crippen LogP contribution in [0.3, 0.4) is 0 Å². The Morgan fingerprint density at radius 2 is 2.05 bits per heavy atom. The van der Waals surface area contributed by atoms with Crippen LogP contribution in [0.15, 0.2) is 24.3 Å².